The van der Waals surface area contributed by atoms with Gasteiger partial charge in [-0.3, -0.25) is 4.79 Å². The van der Waals surface area contributed by atoms with Gasteiger partial charge in [0.15, 0.2) is 23.0 Å². The van der Waals surface area contributed by atoms with Crippen LogP contribution < -0.4 is 10.1 Å². The summed E-state index contributed by atoms with van der Waals surface area (Å²) >= 11 is 0. The average Bonchev–Trinajstić information content (AvgIpc) is 3.02. The van der Waals surface area contributed by atoms with Crippen molar-refractivity contribution in [2.24, 2.45) is 0 Å². The normalized spacial score (nSPS) is 12.0. The van der Waals surface area contributed by atoms with Crippen molar-refractivity contribution in [3.8, 4) is 5.75 Å². The van der Waals surface area contributed by atoms with E-state index in [4.69, 9.17) is 14.0 Å². The molecule has 0 aliphatic carbocycles. The van der Waals surface area contributed by atoms with Crippen LogP contribution in [-0.4, -0.2) is 30.8 Å². The minimum absolute atomic E-state index is 0.0859. The predicted octanol–water partition coefficient (Wildman–Crippen LogP) is 2.69. The second kappa shape index (κ2) is 8.39. The van der Waals surface area contributed by atoms with Crippen molar-refractivity contribution in [2.45, 2.75) is 26.0 Å². The molecule has 1 unspecified atom stereocenters. The number of benzene rings is 1. The molecule has 2 aromatic rings. The van der Waals surface area contributed by atoms with Gasteiger partial charge in [-0.15, -0.1) is 0 Å². The third kappa shape index (κ3) is 4.76. The van der Waals surface area contributed by atoms with E-state index in [0.717, 1.165) is 12.1 Å². The molecular formula is C16H18F2N2O4. The molecule has 0 spiro atoms. The molecule has 6 nitrogen and oxygen atoms in total. The van der Waals surface area contributed by atoms with Gasteiger partial charge in [-0.1, -0.05) is 12.1 Å². The zero-order valence-electron chi connectivity index (χ0n) is 13.3. The molecule has 0 fully saturated rings. The van der Waals surface area contributed by atoms with Crippen molar-refractivity contribution < 1.29 is 27.6 Å². The van der Waals surface area contributed by atoms with Crippen molar-refractivity contribution in [1.82, 2.24) is 10.5 Å². The minimum Gasteiger partial charge on any atom is -0.482 e. The molecule has 0 aliphatic heterocycles. The second-order valence-corrected chi connectivity index (χ2v) is 5.08. The highest BCUT2D eigenvalue weighted by Gasteiger charge is 2.17. The van der Waals surface area contributed by atoms with E-state index in [0.29, 0.717) is 13.0 Å². The zero-order valence-corrected chi connectivity index (χ0v) is 13.3. The molecule has 1 atom stereocenters. The number of methoxy groups -OCH3 is 1. The van der Waals surface area contributed by atoms with Gasteiger partial charge in [0.05, 0.1) is 12.6 Å². The van der Waals surface area contributed by atoms with Gasteiger partial charge in [-0.2, -0.15) is 0 Å². The third-order valence-corrected chi connectivity index (χ3v) is 3.25. The Labute approximate surface area is 137 Å². The summed E-state index contributed by atoms with van der Waals surface area (Å²) in [6.07, 6.45) is 0.706. The molecular weight excluding hydrogens is 322 g/mol. The van der Waals surface area contributed by atoms with Gasteiger partial charge in [-0.05, 0) is 18.6 Å². The van der Waals surface area contributed by atoms with Crippen LogP contribution in [0.15, 0.2) is 28.8 Å². The Morgan fingerprint density at radius 1 is 1.38 bits per heavy atom. The summed E-state index contributed by atoms with van der Waals surface area (Å²) in [7, 11) is 1.55. The lowest BCUT2D eigenvalue weighted by Crippen LogP contribution is -2.37. The van der Waals surface area contributed by atoms with Crippen LogP contribution in [0.3, 0.4) is 0 Å². The Kier molecular flexibility index (Phi) is 6.25. The molecule has 0 saturated carbocycles. The summed E-state index contributed by atoms with van der Waals surface area (Å²) in [4.78, 5) is 12.0. The first-order valence-corrected chi connectivity index (χ1v) is 7.36. The molecule has 1 heterocycles. The van der Waals surface area contributed by atoms with Gasteiger partial charge in [0.2, 0.25) is 0 Å². The highest BCUT2D eigenvalue weighted by atomic mass is 19.1. The Balaban J connectivity index is 1.93. The number of nitrogens with one attached hydrogen (secondary N) is 1. The standard InChI is InChI=1S/C16H18F2N2O4/c1-3-11(8-22-2)19-16(21)14-7-12(24-20-14)9-23-15-5-4-10(17)6-13(15)18/h4-7,11H,3,8-9H2,1-2H3,(H,19,21). The van der Waals surface area contributed by atoms with Crippen molar-refractivity contribution in [3.63, 3.8) is 0 Å². The molecule has 1 N–H and O–H groups in total. The number of halogens is 2. The van der Waals surface area contributed by atoms with Crippen LogP contribution in [0.2, 0.25) is 0 Å². The van der Waals surface area contributed by atoms with Crippen LogP contribution in [0.4, 0.5) is 8.78 Å². The molecule has 0 radical (unpaired) electrons. The summed E-state index contributed by atoms with van der Waals surface area (Å²) in [6, 6.07) is 4.24. The SMILES string of the molecule is CCC(COC)NC(=O)c1cc(COc2ccc(F)cc2F)on1. The fourth-order valence-corrected chi connectivity index (χ4v) is 1.95. The monoisotopic (exact) mass is 340 g/mol. The molecule has 1 amide bonds. The van der Waals surface area contributed by atoms with Gasteiger partial charge in [0.25, 0.3) is 5.91 Å². The van der Waals surface area contributed by atoms with Gasteiger partial charge < -0.3 is 19.3 Å². The molecule has 2 rings (SSSR count). The fourth-order valence-electron chi connectivity index (χ4n) is 1.95. The van der Waals surface area contributed by atoms with Crippen LogP contribution >= 0.6 is 0 Å². The zero-order chi connectivity index (χ0) is 17.5. The molecule has 24 heavy (non-hydrogen) atoms. The van der Waals surface area contributed by atoms with Crippen LogP contribution in [0.1, 0.15) is 29.6 Å². The number of carbonyl (C=O) groups excluding carboxylic acids is 1. The molecule has 0 aliphatic rings. The number of carbonyl (C=O) groups is 1. The Hall–Kier alpha value is -2.48. The van der Waals surface area contributed by atoms with E-state index in [-0.39, 0.29) is 29.9 Å². The van der Waals surface area contributed by atoms with Gasteiger partial charge in [0, 0.05) is 19.2 Å². The average molecular weight is 340 g/mol. The molecule has 130 valence electrons. The fraction of sp³-hybridized carbons (Fsp3) is 0.375. The number of aromatic nitrogens is 1. The molecule has 0 saturated heterocycles. The van der Waals surface area contributed by atoms with Crippen LogP contribution in [0.25, 0.3) is 0 Å². The highest BCUT2D eigenvalue weighted by molar-refractivity contribution is 5.92. The summed E-state index contributed by atoms with van der Waals surface area (Å²) < 4.78 is 41.4. The van der Waals surface area contributed by atoms with E-state index in [9.17, 15) is 13.6 Å². The lowest BCUT2D eigenvalue weighted by molar-refractivity contribution is 0.0885. The minimum atomic E-state index is -0.821. The maximum absolute atomic E-state index is 13.5. The van der Waals surface area contributed by atoms with E-state index < -0.39 is 17.5 Å². The van der Waals surface area contributed by atoms with Crippen LogP contribution in [0, 0.1) is 11.6 Å². The first-order chi connectivity index (χ1) is 11.5. The van der Waals surface area contributed by atoms with Crippen molar-refractivity contribution in [1.29, 1.82) is 0 Å². The number of hydrogen-bond donors (Lipinski definition) is 1. The Morgan fingerprint density at radius 2 is 2.17 bits per heavy atom. The quantitative estimate of drug-likeness (QED) is 0.800. The number of rotatable bonds is 8. The largest absolute Gasteiger partial charge is 0.482 e. The van der Waals surface area contributed by atoms with Gasteiger partial charge >= 0.3 is 0 Å². The number of amides is 1. The van der Waals surface area contributed by atoms with E-state index in [1.54, 1.807) is 7.11 Å². The van der Waals surface area contributed by atoms with E-state index in [1.165, 1.54) is 12.1 Å². The first kappa shape index (κ1) is 17.9. The number of nitrogens with zero attached hydrogens (tertiary/aromatic N) is 1. The smallest absolute Gasteiger partial charge is 0.273 e. The van der Waals surface area contributed by atoms with Crippen molar-refractivity contribution in [2.75, 3.05) is 13.7 Å². The third-order valence-electron chi connectivity index (χ3n) is 3.25. The molecule has 8 heteroatoms. The highest BCUT2D eigenvalue weighted by Crippen LogP contribution is 2.19. The Bertz CT molecular complexity index is 690. The van der Waals surface area contributed by atoms with Crippen LogP contribution in [0.5, 0.6) is 5.75 Å². The summed E-state index contributed by atoms with van der Waals surface area (Å²) in [5, 5.41) is 6.41. The summed E-state index contributed by atoms with van der Waals surface area (Å²) in [6.45, 7) is 2.17. The molecule has 1 aromatic carbocycles. The molecule has 0 bridgehead atoms. The van der Waals surface area contributed by atoms with E-state index in [1.807, 2.05) is 6.92 Å². The van der Waals surface area contributed by atoms with Crippen LogP contribution in [-0.2, 0) is 11.3 Å². The second-order valence-electron chi connectivity index (χ2n) is 5.08. The number of hydrogen-bond acceptors (Lipinski definition) is 5. The molecule has 1 aromatic heterocycles. The van der Waals surface area contributed by atoms with Gasteiger partial charge in [-0.25, -0.2) is 8.78 Å². The van der Waals surface area contributed by atoms with Gasteiger partial charge in [0.1, 0.15) is 12.4 Å². The topological polar surface area (TPSA) is 73.6 Å². The first-order valence-electron chi connectivity index (χ1n) is 7.36. The number of ether oxygens (including phenoxy) is 2. The lowest BCUT2D eigenvalue weighted by Gasteiger charge is -2.14. The lowest BCUT2D eigenvalue weighted by atomic mass is 10.2. The van der Waals surface area contributed by atoms with E-state index in [2.05, 4.69) is 10.5 Å². The van der Waals surface area contributed by atoms with Crippen molar-refractivity contribution in [3.05, 3.63) is 47.4 Å². The summed E-state index contributed by atoms with van der Waals surface area (Å²) in [5.41, 5.74) is 0.0859. The Morgan fingerprint density at radius 3 is 2.83 bits per heavy atom. The van der Waals surface area contributed by atoms with Crippen molar-refractivity contribution >= 4 is 5.91 Å². The maximum atomic E-state index is 13.5. The predicted molar refractivity (Wildman–Crippen MR) is 80.6 cm³/mol. The summed E-state index contributed by atoms with van der Waals surface area (Å²) in [5.74, 6) is -1.80. The maximum Gasteiger partial charge on any atom is 0.273 e. The van der Waals surface area contributed by atoms with E-state index >= 15 is 0 Å².